The fourth-order valence-corrected chi connectivity index (χ4v) is 2.42. The van der Waals surface area contributed by atoms with E-state index in [9.17, 15) is 19.6 Å². The minimum Gasteiger partial charge on any atom is -0.390 e. The van der Waals surface area contributed by atoms with Gasteiger partial charge >= 0.3 is 5.95 Å². The third kappa shape index (κ3) is 2.05. The first-order valence-electron chi connectivity index (χ1n) is 4.77. The van der Waals surface area contributed by atoms with E-state index in [2.05, 4.69) is 20.9 Å². The van der Waals surface area contributed by atoms with Crippen molar-refractivity contribution in [2.24, 2.45) is 0 Å². The fraction of sp³-hybridized carbons (Fsp3) is 0.625. The van der Waals surface area contributed by atoms with E-state index in [0.29, 0.717) is 0 Å². The number of imidazole rings is 1. The lowest BCUT2D eigenvalue weighted by atomic mass is 10.2. The number of rotatable bonds is 3. The topological polar surface area (TPSA) is 90.4 Å². The zero-order valence-electron chi connectivity index (χ0n) is 8.44. The SMILES string of the molecule is O=[N+]([O-])c1nccn1C1O[C@H](CF)[C@@H](O)[C@@H]1Br. The summed E-state index contributed by atoms with van der Waals surface area (Å²) in [5.74, 6) is -0.411. The molecule has 1 aromatic heterocycles. The van der Waals surface area contributed by atoms with Crippen LogP contribution >= 0.6 is 15.9 Å². The lowest BCUT2D eigenvalue weighted by Crippen LogP contribution is -2.28. The van der Waals surface area contributed by atoms with E-state index in [1.807, 2.05) is 0 Å². The van der Waals surface area contributed by atoms with Crippen LogP contribution in [0.5, 0.6) is 0 Å². The van der Waals surface area contributed by atoms with Crippen LogP contribution in [0.3, 0.4) is 0 Å². The summed E-state index contributed by atoms with van der Waals surface area (Å²) in [6, 6.07) is 0. The second-order valence-electron chi connectivity index (χ2n) is 3.55. The van der Waals surface area contributed by atoms with Gasteiger partial charge in [0.15, 0.2) is 6.23 Å². The highest BCUT2D eigenvalue weighted by Gasteiger charge is 2.46. The Labute approximate surface area is 103 Å². The predicted molar refractivity (Wildman–Crippen MR) is 57.5 cm³/mol. The molecule has 0 bridgehead atoms. The lowest BCUT2D eigenvalue weighted by Gasteiger charge is -2.12. The van der Waals surface area contributed by atoms with Crippen LogP contribution in [0, 0.1) is 10.1 Å². The van der Waals surface area contributed by atoms with Gasteiger partial charge in [-0.25, -0.2) is 8.96 Å². The number of hydrogen-bond donors (Lipinski definition) is 1. The highest BCUT2D eigenvalue weighted by molar-refractivity contribution is 9.09. The maximum Gasteiger partial charge on any atom is 0.436 e. The second kappa shape index (κ2) is 4.67. The monoisotopic (exact) mass is 309 g/mol. The van der Waals surface area contributed by atoms with E-state index in [1.165, 1.54) is 12.4 Å². The molecule has 0 saturated carbocycles. The van der Waals surface area contributed by atoms with Crippen molar-refractivity contribution in [2.45, 2.75) is 23.3 Å². The molecule has 1 aliphatic heterocycles. The number of nitrogens with zero attached hydrogens (tertiary/aromatic N) is 3. The summed E-state index contributed by atoms with van der Waals surface area (Å²) in [4.78, 5) is 13.0. The lowest BCUT2D eigenvalue weighted by molar-refractivity contribution is -0.398. The standard InChI is InChI=1S/C8H9BrFN3O4/c9-5-6(14)4(3-10)17-7(5)12-2-1-11-8(12)13(15)16/h1-2,4-7,14H,3H2/t4-,5+,6-,7?/m1/s1. The van der Waals surface area contributed by atoms with Gasteiger partial charge in [-0.15, -0.1) is 0 Å². The van der Waals surface area contributed by atoms with E-state index >= 15 is 0 Å². The van der Waals surface area contributed by atoms with Gasteiger partial charge in [-0.3, -0.25) is 0 Å². The molecular formula is C8H9BrFN3O4. The van der Waals surface area contributed by atoms with E-state index < -0.39 is 40.8 Å². The summed E-state index contributed by atoms with van der Waals surface area (Å²) in [7, 11) is 0. The third-order valence-corrected chi connectivity index (χ3v) is 3.53. The van der Waals surface area contributed by atoms with Crippen molar-refractivity contribution >= 4 is 21.9 Å². The van der Waals surface area contributed by atoms with Gasteiger partial charge in [0, 0.05) is 0 Å². The largest absolute Gasteiger partial charge is 0.436 e. The van der Waals surface area contributed by atoms with Gasteiger partial charge in [0.25, 0.3) is 0 Å². The molecule has 1 unspecified atom stereocenters. The van der Waals surface area contributed by atoms with Crippen LogP contribution in [-0.2, 0) is 4.74 Å². The van der Waals surface area contributed by atoms with Crippen molar-refractivity contribution in [1.82, 2.24) is 9.55 Å². The van der Waals surface area contributed by atoms with Crippen molar-refractivity contribution in [2.75, 3.05) is 6.67 Å². The van der Waals surface area contributed by atoms with Gasteiger partial charge in [0.2, 0.25) is 0 Å². The van der Waals surface area contributed by atoms with Crippen LogP contribution in [-0.4, -0.2) is 43.3 Å². The molecule has 0 spiro atoms. The van der Waals surface area contributed by atoms with Crippen molar-refractivity contribution in [3.63, 3.8) is 0 Å². The van der Waals surface area contributed by atoms with Crippen LogP contribution in [0.2, 0.25) is 0 Å². The summed E-state index contributed by atoms with van der Waals surface area (Å²) in [5.41, 5.74) is 0. The fourth-order valence-electron chi connectivity index (χ4n) is 1.70. The summed E-state index contributed by atoms with van der Waals surface area (Å²) in [6.45, 7) is -0.859. The van der Waals surface area contributed by atoms with Gasteiger partial charge in [-0.1, -0.05) is 20.9 Å². The number of hydrogen-bond acceptors (Lipinski definition) is 5. The Kier molecular flexibility index (Phi) is 3.40. The number of nitro groups is 1. The summed E-state index contributed by atoms with van der Waals surface area (Å²) >= 11 is 3.14. The molecule has 0 aromatic carbocycles. The maximum atomic E-state index is 12.5. The zero-order chi connectivity index (χ0) is 12.6. The molecule has 1 aliphatic rings. The molecular weight excluding hydrogens is 301 g/mol. The Morgan fingerprint density at radius 2 is 2.47 bits per heavy atom. The Morgan fingerprint density at radius 3 is 3.00 bits per heavy atom. The average molecular weight is 310 g/mol. The first-order chi connectivity index (χ1) is 8.06. The Bertz CT molecular complexity index is 429. The Hall–Kier alpha value is -1.06. The molecule has 1 fully saturated rings. The van der Waals surface area contributed by atoms with Crippen molar-refractivity contribution < 1.29 is 19.2 Å². The van der Waals surface area contributed by atoms with E-state index in [4.69, 9.17) is 4.74 Å². The van der Waals surface area contributed by atoms with Crippen molar-refractivity contribution in [3.05, 3.63) is 22.5 Å². The zero-order valence-corrected chi connectivity index (χ0v) is 10.0. The molecule has 2 rings (SSSR count). The first-order valence-corrected chi connectivity index (χ1v) is 5.68. The molecule has 4 atom stereocenters. The predicted octanol–water partition coefficient (Wildman–Crippen LogP) is 0.783. The van der Waals surface area contributed by atoms with Crippen LogP contribution in [0.25, 0.3) is 0 Å². The van der Waals surface area contributed by atoms with E-state index in [-0.39, 0.29) is 0 Å². The summed E-state index contributed by atoms with van der Waals surface area (Å²) in [6.07, 6.45) is -0.312. The molecule has 2 heterocycles. The second-order valence-corrected chi connectivity index (χ2v) is 4.60. The number of ether oxygens (including phenoxy) is 1. The molecule has 7 nitrogen and oxygen atoms in total. The van der Waals surface area contributed by atoms with E-state index in [1.54, 1.807) is 0 Å². The number of aliphatic hydroxyl groups excluding tert-OH is 1. The highest BCUT2D eigenvalue weighted by atomic mass is 79.9. The van der Waals surface area contributed by atoms with Gasteiger partial charge in [0.1, 0.15) is 36.1 Å². The number of aromatic nitrogens is 2. The minimum atomic E-state index is -1.06. The highest BCUT2D eigenvalue weighted by Crippen LogP contribution is 2.36. The Morgan fingerprint density at radius 1 is 1.76 bits per heavy atom. The van der Waals surface area contributed by atoms with Crippen molar-refractivity contribution in [1.29, 1.82) is 0 Å². The molecule has 1 aromatic rings. The first kappa shape index (κ1) is 12.4. The number of aliphatic hydroxyl groups is 1. The smallest absolute Gasteiger partial charge is 0.390 e. The average Bonchev–Trinajstić information content (AvgIpc) is 2.86. The normalized spacial score (nSPS) is 32.9. The molecule has 0 radical (unpaired) electrons. The van der Waals surface area contributed by atoms with Gasteiger partial charge < -0.3 is 20.0 Å². The number of alkyl halides is 2. The quantitative estimate of drug-likeness (QED) is 0.506. The van der Waals surface area contributed by atoms with Crippen LogP contribution < -0.4 is 0 Å². The molecule has 94 valence electrons. The number of halogens is 2. The van der Waals surface area contributed by atoms with Gasteiger partial charge in [-0.05, 0) is 4.92 Å². The molecule has 0 amide bonds. The summed E-state index contributed by atoms with van der Waals surface area (Å²) in [5, 5.41) is 20.3. The third-order valence-electron chi connectivity index (χ3n) is 2.53. The molecule has 1 saturated heterocycles. The van der Waals surface area contributed by atoms with E-state index in [0.717, 1.165) is 4.57 Å². The molecule has 1 N–H and O–H groups in total. The summed E-state index contributed by atoms with van der Waals surface area (Å²) < 4.78 is 18.9. The van der Waals surface area contributed by atoms with Gasteiger partial charge in [-0.2, -0.15) is 0 Å². The van der Waals surface area contributed by atoms with Crippen LogP contribution in [0.15, 0.2) is 12.4 Å². The van der Waals surface area contributed by atoms with Crippen LogP contribution in [0.4, 0.5) is 10.3 Å². The molecule has 0 aliphatic carbocycles. The molecule has 17 heavy (non-hydrogen) atoms. The minimum absolute atomic E-state index is 0.411. The van der Waals surface area contributed by atoms with Crippen molar-refractivity contribution in [3.8, 4) is 0 Å². The molecule has 9 heteroatoms. The van der Waals surface area contributed by atoms with Crippen LogP contribution in [0.1, 0.15) is 6.23 Å². The van der Waals surface area contributed by atoms with Gasteiger partial charge in [0.05, 0.1) is 0 Å². The maximum absolute atomic E-state index is 12.5. The Balaban J connectivity index is 2.29.